The van der Waals surface area contributed by atoms with Gasteiger partial charge < -0.3 is 4.55 Å². The molecule has 0 N–H and O–H groups in total. The van der Waals surface area contributed by atoms with Gasteiger partial charge in [-0.25, -0.2) is 8.42 Å². The Morgan fingerprint density at radius 1 is 0.711 bits per heavy atom. The van der Waals surface area contributed by atoms with E-state index in [0.29, 0.717) is 0 Å². The molecule has 2 rings (SSSR count). The SMILES string of the molecule is CCCCc1cccc([I+]c2cccc(CCCC)c2)c1.O=S(=O)([O-])C(F)(F)C(F)(F)C(F)(F)C(F)(F)F. The van der Waals surface area contributed by atoms with Crippen molar-refractivity contribution in [2.75, 3.05) is 0 Å². The Balaban J connectivity index is 0.000000391. The zero-order chi connectivity index (χ0) is 29.4. The number of hydrogen-bond acceptors (Lipinski definition) is 3. The second-order valence-electron chi connectivity index (χ2n) is 8.18. The van der Waals surface area contributed by atoms with Crippen LogP contribution < -0.4 is 21.2 Å². The van der Waals surface area contributed by atoms with Gasteiger partial charge >= 0.3 is 44.5 Å². The van der Waals surface area contributed by atoms with Crippen molar-refractivity contribution < 1.29 is 73.7 Å². The van der Waals surface area contributed by atoms with Crippen LogP contribution in [-0.4, -0.2) is 36.2 Å². The first-order valence-electron chi connectivity index (χ1n) is 11.3. The van der Waals surface area contributed by atoms with Crippen molar-refractivity contribution >= 4 is 10.1 Å². The Bertz CT molecular complexity index is 1090. The number of hydrogen-bond donors (Lipinski definition) is 0. The van der Waals surface area contributed by atoms with Crippen molar-refractivity contribution in [3.05, 3.63) is 66.8 Å². The van der Waals surface area contributed by atoms with Gasteiger partial charge in [0.1, 0.15) is 0 Å². The molecule has 0 amide bonds. The summed E-state index contributed by atoms with van der Waals surface area (Å²) in [4.78, 5) is 0. The zero-order valence-corrected chi connectivity index (χ0v) is 23.2. The quantitative estimate of drug-likeness (QED) is 0.199. The van der Waals surface area contributed by atoms with E-state index in [9.17, 15) is 52.5 Å². The first kappa shape index (κ1) is 34.5. The number of halogens is 10. The van der Waals surface area contributed by atoms with E-state index in [-0.39, 0.29) is 21.2 Å². The molecule has 2 aromatic carbocycles. The predicted octanol–water partition coefficient (Wildman–Crippen LogP) is 4.46. The van der Waals surface area contributed by atoms with Gasteiger partial charge in [-0.05, 0) is 61.1 Å². The Morgan fingerprint density at radius 2 is 1.11 bits per heavy atom. The summed E-state index contributed by atoms with van der Waals surface area (Å²) >= 11 is -0.0366. The van der Waals surface area contributed by atoms with Crippen LogP contribution in [0.15, 0.2) is 48.5 Å². The smallest absolute Gasteiger partial charge is 0.460 e. The lowest BCUT2D eigenvalue weighted by atomic mass is 10.1. The maximum absolute atomic E-state index is 12.2. The third-order valence-corrected chi connectivity index (χ3v) is 8.54. The van der Waals surface area contributed by atoms with Crippen LogP contribution in [0.3, 0.4) is 0 Å². The van der Waals surface area contributed by atoms with Crippen LogP contribution in [-0.2, 0) is 23.0 Å². The first-order valence-corrected chi connectivity index (χ1v) is 14.9. The van der Waals surface area contributed by atoms with Gasteiger partial charge in [0.2, 0.25) is 0 Å². The molecule has 0 aromatic heterocycles. The molecule has 0 saturated heterocycles. The molecule has 0 radical (unpaired) electrons. The number of rotatable bonds is 11. The highest BCUT2D eigenvalue weighted by Gasteiger charge is 2.83. The lowest BCUT2D eigenvalue weighted by Gasteiger charge is -2.34. The van der Waals surface area contributed by atoms with Gasteiger partial charge in [-0.1, -0.05) is 51.0 Å². The minimum Gasteiger partial charge on any atom is -0.743 e. The Hall–Kier alpha value is -1.55. The molecule has 0 aliphatic heterocycles. The Labute approximate surface area is 225 Å². The van der Waals surface area contributed by atoms with E-state index in [0.717, 1.165) is 0 Å². The molecule has 3 nitrogen and oxygen atoms in total. The second-order valence-corrected chi connectivity index (χ2v) is 12.6. The summed E-state index contributed by atoms with van der Waals surface area (Å²) in [6, 6.07) is 18.5. The molecular weight excluding hydrogens is 666 g/mol. The average molecular weight is 692 g/mol. The van der Waals surface area contributed by atoms with Crippen LogP contribution >= 0.6 is 0 Å². The van der Waals surface area contributed by atoms with Crippen LogP contribution in [0.4, 0.5) is 39.5 Å². The van der Waals surface area contributed by atoms with E-state index in [4.69, 9.17) is 0 Å². The summed E-state index contributed by atoms with van der Waals surface area (Å²) in [7, 11) is -7.42. The number of unbranched alkanes of at least 4 members (excludes halogenated alkanes) is 2. The monoisotopic (exact) mass is 692 g/mol. The van der Waals surface area contributed by atoms with Gasteiger partial charge in [-0.15, -0.1) is 0 Å². The number of benzene rings is 2. The largest absolute Gasteiger partial charge is 0.743 e. The summed E-state index contributed by atoms with van der Waals surface area (Å²) in [6.07, 6.45) is 0.444. The van der Waals surface area contributed by atoms with E-state index >= 15 is 0 Å². The van der Waals surface area contributed by atoms with Gasteiger partial charge in [-0.3, -0.25) is 0 Å². The van der Waals surface area contributed by atoms with Crippen LogP contribution in [0.1, 0.15) is 50.7 Å². The second kappa shape index (κ2) is 13.7. The van der Waals surface area contributed by atoms with Crippen molar-refractivity contribution in [2.24, 2.45) is 0 Å². The molecular formula is C24H26F9IO3S. The van der Waals surface area contributed by atoms with Gasteiger partial charge in [0, 0.05) is 0 Å². The average Bonchev–Trinajstić information content (AvgIpc) is 2.80. The minimum absolute atomic E-state index is 0.0366. The topological polar surface area (TPSA) is 57.2 Å². The molecule has 216 valence electrons. The number of alkyl halides is 9. The maximum Gasteiger partial charge on any atom is 0.460 e. The highest BCUT2D eigenvalue weighted by atomic mass is 127. The summed E-state index contributed by atoms with van der Waals surface area (Å²) in [5.41, 5.74) is 3.02. The Morgan fingerprint density at radius 3 is 1.42 bits per heavy atom. The summed E-state index contributed by atoms with van der Waals surface area (Å²) in [5, 5.41) is -7.11. The molecule has 0 spiro atoms. The van der Waals surface area contributed by atoms with Crippen LogP contribution in [0.2, 0.25) is 0 Å². The van der Waals surface area contributed by atoms with E-state index in [2.05, 4.69) is 62.4 Å². The Kier molecular flexibility index (Phi) is 12.4. The van der Waals surface area contributed by atoms with E-state index in [1.165, 1.54) is 49.7 Å². The lowest BCUT2D eigenvalue weighted by Crippen LogP contribution is -3.61. The third kappa shape index (κ3) is 8.73. The molecule has 38 heavy (non-hydrogen) atoms. The highest BCUT2D eigenvalue weighted by molar-refractivity contribution is 7.86. The van der Waals surface area contributed by atoms with E-state index in [1.54, 1.807) is 7.14 Å². The van der Waals surface area contributed by atoms with Gasteiger partial charge in [0.15, 0.2) is 17.3 Å². The van der Waals surface area contributed by atoms with Crippen LogP contribution in [0.5, 0.6) is 0 Å². The molecule has 0 atom stereocenters. The molecule has 0 aliphatic carbocycles. The summed E-state index contributed by atoms with van der Waals surface area (Å²) in [6.45, 7) is 4.52. The number of aryl methyl sites for hydroxylation is 2. The molecule has 0 aliphatic rings. The third-order valence-electron chi connectivity index (χ3n) is 5.06. The summed E-state index contributed by atoms with van der Waals surface area (Å²) in [5.74, 6) is -14.8. The fourth-order valence-electron chi connectivity index (χ4n) is 2.91. The standard InChI is InChI=1S/C20H26I.C4HF9O3S/c1-3-5-9-17-11-7-13-19(15-17)21-20-14-8-12-18(16-20)10-6-4-2;5-1(6,3(9,10)11)2(7,8)4(12,13)17(14,15)16/h7-8,11-16H,3-6,9-10H2,1-2H3;(H,14,15,16)/q+1;/p-1. The zero-order valence-electron chi connectivity index (χ0n) is 20.3. The minimum atomic E-state index is -7.43. The van der Waals surface area contributed by atoms with Crippen LogP contribution in [0, 0.1) is 7.14 Å². The molecule has 0 saturated carbocycles. The molecule has 14 heteroatoms. The van der Waals surface area contributed by atoms with Crippen molar-refractivity contribution in [2.45, 2.75) is 75.6 Å². The van der Waals surface area contributed by atoms with Crippen molar-refractivity contribution in [3.63, 3.8) is 0 Å². The fraction of sp³-hybridized carbons (Fsp3) is 0.500. The van der Waals surface area contributed by atoms with E-state index in [1.807, 2.05) is 0 Å². The lowest BCUT2D eigenvalue weighted by molar-refractivity contribution is -0.597. The molecule has 0 fully saturated rings. The first-order chi connectivity index (χ1) is 17.3. The normalized spacial score (nSPS) is 13.2. The predicted molar refractivity (Wildman–Crippen MR) is 118 cm³/mol. The van der Waals surface area contributed by atoms with Crippen molar-refractivity contribution in [3.8, 4) is 0 Å². The van der Waals surface area contributed by atoms with Gasteiger partial charge in [0.05, 0.1) is 0 Å². The molecule has 0 heterocycles. The van der Waals surface area contributed by atoms with Crippen molar-refractivity contribution in [1.29, 1.82) is 0 Å². The van der Waals surface area contributed by atoms with E-state index < -0.39 is 33.4 Å². The molecule has 0 unspecified atom stereocenters. The molecule has 0 bridgehead atoms. The van der Waals surface area contributed by atoms with Crippen molar-refractivity contribution in [1.82, 2.24) is 0 Å². The summed E-state index contributed by atoms with van der Waals surface area (Å²) < 4.78 is 139. The molecule has 2 aromatic rings. The highest BCUT2D eigenvalue weighted by Crippen LogP contribution is 2.54. The van der Waals surface area contributed by atoms with Gasteiger partial charge in [-0.2, -0.15) is 39.5 Å². The fourth-order valence-corrected chi connectivity index (χ4v) is 5.96. The maximum atomic E-state index is 12.2. The van der Waals surface area contributed by atoms with Gasteiger partial charge in [0.25, 0.3) is 0 Å². The van der Waals surface area contributed by atoms with Crippen LogP contribution in [0.25, 0.3) is 0 Å².